The number of nitrogen functional groups attached to an aromatic ring is 1. The second-order valence-corrected chi connectivity index (χ2v) is 2.79. The van der Waals surface area contributed by atoms with Gasteiger partial charge in [-0.05, 0) is 13.8 Å². The van der Waals surface area contributed by atoms with Crippen molar-refractivity contribution in [2.24, 2.45) is 0 Å². The summed E-state index contributed by atoms with van der Waals surface area (Å²) in [7, 11) is 1.46. The SMILES string of the molecule is CCOC(=O)c1[nH]c(C)c(N)c1OC. The van der Waals surface area contributed by atoms with E-state index in [-0.39, 0.29) is 5.69 Å². The number of ether oxygens (including phenoxy) is 2. The summed E-state index contributed by atoms with van der Waals surface area (Å²) in [6.45, 7) is 3.82. The highest BCUT2D eigenvalue weighted by Crippen LogP contribution is 2.29. The van der Waals surface area contributed by atoms with Crippen LogP contribution in [0, 0.1) is 6.92 Å². The fraction of sp³-hybridized carbons (Fsp3) is 0.444. The van der Waals surface area contributed by atoms with Crippen LogP contribution in [-0.4, -0.2) is 24.7 Å². The Morgan fingerprint density at radius 3 is 2.71 bits per heavy atom. The molecule has 0 aliphatic heterocycles. The van der Waals surface area contributed by atoms with Gasteiger partial charge in [0, 0.05) is 5.69 Å². The summed E-state index contributed by atoms with van der Waals surface area (Å²) < 4.78 is 9.84. The van der Waals surface area contributed by atoms with Crippen molar-refractivity contribution in [2.45, 2.75) is 13.8 Å². The minimum Gasteiger partial charge on any atom is -0.492 e. The van der Waals surface area contributed by atoms with E-state index in [4.69, 9.17) is 15.2 Å². The Kier molecular flexibility index (Phi) is 3.01. The van der Waals surface area contributed by atoms with E-state index in [1.54, 1.807) is 13.8 Å². The average molecular weight is 198 g/mol. The van der Waals surface area contributed by atoms with Crippen LogP contribution in [0.2, 0.25) is 0 Å². The van der Waals surface area contributed by atoms with Crippen molar-refractivity contribution >= 4 is 11.7 Å². The standard InChI is InChI=1S/C9H14N2O3/c1-4-14-9(12)7-8(13-3)6(10)5(2)11-7/h11H,4,10H2,1-3H3. The largest absolute Gasteiger partial charge is 0.492 e. The van der Waals surface area contributed by atoms with Gasteiger partial charge in [-0.2, -0.15) is 0 Å². The van der Waals surface area contributed by atoms with Crippen LogP contribution in [0.5, 0.6) is 5.75 Å². The lowest BCUT2D eigenvalue weighted by molar-refractivity contribution is 0.0516. The molecule has 0 saturated heterocycles. The van der Waals surface area contributed by atoms with Gasteiger partial charge >= 0.3 is 5.97 Å². The van der Waals surface area contributed by atoms with Gasteiger partial charge in [0.2, 0.25) is 0 Å². The average Bonchev–Trinajstić information content (AvgIpc) is 2.44. The van der Waals surface area contributed by atoms with Crippen LogP contribution in [0.3, 0.4) is 0 Å². The van der Waals surface area contributed by atoms with Gasteiger partial charge in [-0.3, -0.25) is 0 Å². The zero-order valence-corrected chi connectivity index (χ0v) is 8.51. The molecule has 0 amide bonds. The molecular formula is C9H14N2O3. The number of carbonyl (C=O) groups is 1. The molecule has 1 aromatic rings. The third-order valence-electron chi connectivity index (χ3n) is 1.87. The number of hydrogen-bond donors (Lipinski definition) is 2. The highest BCUT2D eigenvalue weighted by molar-refractivity contribution is 5.93. The fourth-order valence-electron chi connectivity index (χ4n) is 1.18. The summed E-state index contributed by atoms with van der Waals surface area (Å²) in [5.74, 6) is -0.106. The molecule has 0 spiro atoms. The number of nitrogens with two attached hydrogens (primary N) is 1. The van der Waals surface area contributed by atoms with Crippen LogP contribution in [0.4, 0.5) is 5.69 Å². The lowest BCUT2D eigenvalue weighted by Crippen LogP contribution is -2.06. The van der Waals surface area contributed by atoms with Crippen LogP contribution < -0.4 is 10.5 Å². The Labute approximate surface area is 82.2 Å². The second kappa shape index (κ2) is 4.04. The number of H-pyrrole nitrogens is 1. The van der Waals surface area contributed by atoms with Crippen molar-refractivity contribution in [1.29, 1.82) is 0 Å². The van der Waals surface area contributed by atoms with E-state index in [1.165, 1.54) is 7.11 Å². The molecule has 3 N–H and O–H groups in total. The first kappa shape index (κ1) is 10.4. The van der Waals surface area contributed by atoms with Gasteiger partial charge in [0.25, 0.3) is 0 Å². The minimum absolute atomic E-state index is 0.268. The Bertz CT molecular complexity index is 344. The molecule has 0 fully saturated rings. The van der Waals surface area contributed by atoms with Crippen LogP contribution in [0.25, 0.3) is 0 Å². The van der Waals surface area contributed by atoms with E-state index in [9.17, 15) is 4.79 Å². The highest BCUT2D eigenvalue weighted by atomic mass is 16.5. The Balaban J connectivity index is 3.08. The Morgan fingerprint density at radius 2 is 2.21 bits per heavy atom. The molecule has 1 aromatic heterocycles. The Hall–Kier alpha value is -1.65. The van der Waals surface area contributed by atoms with Gasteiger partial charge in [-0.1, -0.05) is 0 Å². The summed E-state index contributed by atoms with van der Waals surface area (Å²) in [6.07, 6.45) is 0. The lowest BCUT2D eigenvalue weighted by atomic mass is 10.3. The smallest absolute Gasteiger partial charge is 0.358 e. The van der Waals surface area contributed by atoms with E-state index >= 15 is 0 Å². The van der Waals surface area contributed by atoms with Gasteiger partial charge in [0.05, 0.1) is 19.4 Å². The number of aromatic amines is 1. The normalized spacial score (nSPS) is 9.93. The first-order chi connectivity index (χ1) is 6.61. The minimum atomic E-state index is -0.454. The molecule has 0 bridgehead atoms. The van der Waals surface area contributed by atoms with Gasteiger partial charge in [-0.25, -0.2) is 4.79 Å². The molecule has 0 unspecified atom stereocenters. The molecule has 0 radical (unpaired) electrons. The number of esters is 1. The van der Waals surface area contributed by atoms with Crippen molar-refractivity contribution in [1.82, 2.24) is 4.98 Å². The zero-order valence-electron chi connectivity index (χ0n) is 8.51. The van der Waals surface area contributed by atoms with E-state index in [2.05, 4.69) is 4.98 Å². The van der Waals surface area contributed by atoms with E-state index < -0.39 is 5.97 Å². The third kappa shape index (κ3) is 1.66. The topological polar surface area (TPSA) is 77.3 Å². The Morgan fingerprint density at radius 1 is 1.57 bits per heavy atom. The van der Waals surface area contributed by atoms with Crippen molar-refractivity contribution in [2.75, 3.05) is 19.5 Å². The number of nitrogens with one attached hydrogen (secondary N) is 1. The first-order valence-corrected chi connectivity index (χ1v) is 4.31. The predicted molar refractivity (Wildman–Crippen MR) is 52.5 cm³/mol. The molecule has 0 aliphatic carbocycles. The molecule has 1 heterocycles. The van der Waals surface area contributed by atoms with Crippen molar-refractivity contribution in [3.05, 3.63) is 11.4 Å². The number of rotatable bonds is 3. The lowest BCUT2D eigenvalue weighted by Gasteiger charge is -2.02. The molecule has 5 heteroatoms. The fourth-order valence-corrected chi connectivity index (χ4v) is 1.18. The van der Waals surface area contributed by atoms with Crippen LogP contribution in [0.15, 0.2) is 0 Å². The number of carbonyl (C=O) groups excluding carboxylic acids is 1. The van der Waals surface area contributed by atoms with E-state index in [0.717, 1.165) is 0 Å². The monoisotopic (exact) mass is 198 g/mol. The third-order valence-corrected chi connectivity index (χ3v) is 1.87. The molecule has 78 valence electrons. The molecule has 14 heavy (non-hydrogen) atoms. The number of methoxy groups -OCH3 is 1. The van der Waals surface area contributed by atoms with E-state index in [0.29, 0.717) is 23.7 Å². The molecule has 5 nitrogen and oxygen atoms in total. The predicted octanol–water partition coefficient (Wildman–Crippen LogP) is 1.09. The molecule has 0 aliphatic rings. The van der Waals surface area contributed by atoms with Crippen LogP contribution >= 0.6 is 0 Å². The van der Waals surface area contributed by atoms with E-state index in [1.807, 2.05) is 0 Å². The van der Waals surface area contributed by atoms with Gasteiger partial charge in [-0.15, -0.1) is 0 Å². The van der Waals surface area contributed by atoms with Crippen molar-refractivity contribution in [3.8, 4) is 5.75 Å². The van der Waals surface area contributed by atoms with Crippen LogP contribution in [-0.2, 0) is 4.74 Å². The molecule has 0 atom stereocenters. The number of aromatic nitrogens is 1. The molecular weight excluding hydrogens is 184 g/mol. The maximum absolute atomic E-state index is 11.4. The van der Waals surface area contributed by atoms with Crippen LogP contribution in [0.1, 0.15) is 23.1 Å². The zero-order chi connectivity index (χ0) is 10.7. The van der Waals surface area contributed by atoms with Gasteiger partial charge in [0.15, 0.2) is 11.4 Å². The highest BCUT2D eigenvalue weighted by Gasteiger charge is 2.20. The maximum Gasteiger partial charge on any atom is 0.358 e. The summed E-state index contributed by atoms with van der Waals surface area (Å²) in [6, 6.07) is 0. The number of aryl methyl sites for hydroxylation is 1. The van der Waals surface area contributed by atoms with Crippen molar-refractivity contribution in [3.63, 3.8) is 0 Å². The summed E-state index contributed by atoms with van der Waals surface area (Å²) in [5, 5.41) is 0. The quantitative estimate of drug-likeness (QED) is 0.713. The number of anilines is 1. The maximum atomic E-state index is 11.4. The molecule has 0 saturated carbocycles. The summed E-state index contributed by atoms with van der Waals surface area (Å²) >= 11 is 0. The molecule has 0 aromatic carbocycles. The molecule has 1 rings (SSSR count). The van der Waals surface area contributed by atoms with Gasteiger partial charge < -0.3 is 20.2 Å². The summed E-state index contributed by atoms with van der Waals surface area (Å²) in [5.41, 5.74) is 7.09. The summed E-state index contributed by atoms with van der Waals surface area (Å²) in [4.78, 5) is 14.2. The van der Waals surface area contributed by atoms with Gasteiger partial charge in [0.1, 0.15) is 0 Å². The first-order valence-electron chi connectivity index (χ1n) is 4.31. The second-order valence-electron chi connectivity index (χ2n) is 2.79. The van der Waals surface area contributed by atoms with Crippen molar-refractivity contribution < 1.29 is 14.3 Å². The number of hydrogen-bond acceptors (Lipinski definition) is 4.